The number of amides is 1. The second kappa shape index (κ2) is 10.2. The Labute approximate surface area is 177 Å². The van der Waals surface area contributed by atoms with E-state index < -0.39 is 24.5 Å². The van der Waals surface area contributed by atoms with Gasteiger partial charge in [-0.25, -0.2) is 9.59 Å². The van der Waals surface area contributed by atoms with Gasteiger partial charge in [0.15, 0.2) is 6.61 Å². The van der Waals surface area contributed by atoms with Crippen LogP contribution in [0.5, 0.6) is 5.75 Å². The molecular weight excluding hydrogens is 408 g/mol. The molecule has 0 saturated carbocycles. The number of carboxylic acids is 1. The first-order chi connectivity index (χ1) is 14.3. The lowest BCUT2D eigenvalue weighted by Gasteiger charge is -2.07. The van der Waals surface area contributed by atoms with Crippen LogP contribution in [0.4, 0.5) is 5.00 Å². The summed E-state index contributed by atoms with van der Waals surface area (Å²) >= 11 is 1.22. The normalized spacial score (nSPS) is 10.8. The summed E-state index contributed by atoms with van der Waals surface area (Å²) in [5.41, 5.74) is 1.27. The van der Waals surface area contributed by atoms with Gasteiger partial charge in [-0.2, -0.15) is 5.26 Å². The van der Waals surface area contributed by atoms with Gasteiger partial charge < -0.3 is 19.9 Å². The fraction of sp³-hybridized carbons (Fsp3) is 0.238. The topological polar surface area (TPSA) is 126 Å². The maximum atomic E-state index is 12.6. The molecule has 1 aromatic carbocycles. The van der Waals surface area contributed by atoms with E-state index in [1.165, 1.54) is 23.5 Å². The second-order valence-corrected chi connectivity index (χ2v) is 7.31. The van der Waals surface area contributed by atoms with Gasteiger partial charge in [-0.3, -0.25) is 4.79 Å². The molecule has 8 nitrogen and oxygen atoms in total. The molecule has 0 aliphatic rings. The molecule has 2 rings (SSSR count). The maximum Gasteiger partial charge on any atom is 0.341 e. The Balaban J connectivity index is 2.27. The molecule has 0 atom stereocenters. The standard InChI is InChI=1S/C21H20N2O6S/c1-4-28-21(27)18-12(2)13(3)30-20(18)23-19(26)15(10-22)8-14-6-5-7-16(9-14)29-11-17(24)25/h5-9H,4,11H2,1-3H3,(H,23,26)(H,24,25)/b15-8+. The number of thiophene rings is 1. The minimum Gasteiger partial charge on any atom is -0.482 e. The summed E-state index contributed by atoms with van der Waals surface area (Å²) in [6.45, 7) is 4.96. The van der Waals surface area contributed by atoms with Crippen molar-refractivity contribution in [3.63, 3.8) is 0 Å². The Morgan fingerprint density at radius 2 is 2.03 bits per heavy atom. The molecule has 1 amide bonds. The number of ether oxygens (including phenoxy) is 2. The first-order valence-corrected chi connectivity index (χ1v) is 9.73. The average molecular weight is 428 g/mol. The molecule has 1 aromatic heterocycles. The molecule has 0 spiro atoms. The number of anilines is 1. The van der Waals surface area contributed by atoms with Crippen LogP contribution in [0.15, 0.2) is 29.8 Å². The summed E-state index contributed by atoms with van der Waals surface area (Å²) in [4.78, 5) is 36.4. The Hall–Kier alpha value is -3.64. The number of hydrogen-bond donors (Lipinski definition) is 2. The van der Waals surface area contributed by atoms with Crippen molar-refractivity contribution in [2.45, 2.75) is 20.8 Å². The zero-order valence-corrected chi connectivity index (χ0v) is 17.5. The van der Waals surface area contributed by atoms with Crippen LogP contribution in [0.3, 0.4) is 0 Å². The number of hydrogen-bond acceptors (Lipinski definition) is 7. The van der Waals surface area contributed by atoms with Crippen molar-refractivity contribution < 1.29 is 29.0 Å². The maximum absolute atomic E-state index is 12.6. The van der Waals surface area contributed by atoms with Gasteiger partial charge in [0.05, 0.1) is 12.2 Å². The smallest absolute Gasteiger partial charge is 0.341 e. The predicted molar refractivity (Wildman–Crippen MR) is 112 cm³/mol. The highest BCUT2D eigenvalue weighted by Crippen LogP contribution is 2.33. The Kier molecular flexibility index (Phi) is 7.72. The van der Waals surface area contributed by atoms with Crippen molar-refractivity contribution in [3.8, 4) is 11.8 Å². The number of rotatable bonds is 8. The van der Waals surface area contributed by atoms with Gasteiger partial charge in [0, 0.05) is 4.88 Å². The number of nitrogens with zero attached hydrogens (tertiary/aromatic N) is 1. The number of aryl methyl sites for hydroxylation is 1. The highest BCUT2D eigenvalue weighted by atomic mass is 32.1. The van der Waals surface area contributed by atoms with Gasteiger partial charge in [0.2, 0.25) is 0 Å². The van der Waals surface area contributed by atoms with Gasteiger partial charge in [-0.15, -0.1) is 11.3 Å². The molecule has 9 heteroatoms. The minimum absolute atomic E-state index is 0.191. The number of nitriles is 1. The van der Waals surface area contributed by atoms with Gasteiger partial charge in [-0.05, 0) is 50.1 Å². The average Bonchev–Trinajstić information content (AvgIpc) is 2.98. The fourth-order valence-electron chi connectivity index (χ4n) is 2.49. The van der Waals surface area contributed by atoms with E-state index >= 15 is 0 Å². The molecule has 1 heterocycles. The van der Waals surface area contributed by atoms with E-state index in [1.54, 1.807) is 32.0 Å². The molecular formula is C21H20N2O6S. The van der Waals surface area contributed by atoms with E-state index in [-0.39, 0.29) is 23.5 Å². The van der Waals surface area contributed by atoms with Crippen LogP contribution in [-0.2, 0) is 14.3 Å². The Bertz CT molecular complexity index is 1050. The summed E-state index contributed by atoms with van der Waals surface area (Å²) in [6, 6.07) is 8.17. The van der Waals surface area contributed by atoms with Crippen LogP contribution in [0.2, 0.25) is 0 Å². The number of carboxylic acid groups (broad SMARTS) is 1. The fourth-order valence-corrected chi connectivity index (χ4v) is 3.53. The summed E-state index contributed by atoms with van der Waals surface area (Å²) in [5, 5.41) is 21.0. The molecule has 2 N–H and O–H groups in total. The van der Waals surface area contributed by atoms with E-state index in [9.17, 15) is 19.6 Å². The molecule has 0 aliphatic heterocycles. The molecule has 2 aromatic rings. The number of aliphatic carboxylic acids is 1. The molecule has 156 valence electrons. The van der Waals surface area contributed by atoms with Crippen molar-refractivity contribution in [2.24, 2.45) is 0 Å². The molecule has 0 radical (unpaired) electrons. The van der Waals surface area contributed by atoms with Crippen molar-refractivity contribution in [2.75, 3.05) is 18.5 Å². The van der Waals surface area contributed by atoms with E-state index in [0.29, 0.717) is 16.1 Å². The van der Waals surface area contributed by atoms with E-state index in [4.69, 9.17) is 14.6 Å². The lowest BCUT2D eigenvalue weighted by molar-refractivity contribution is -0.139. The second-order valence-electron chi connectivity index (χ2n) is 6.09. The SMILES string of the molecule is CCOC(=O)c1c(NC(=O)/C(C#N)=C/c2cccc(OCC(=O)O)c2)sc(C)c1C. The molecule has 0 aliphatic carbocycles. The molecule has 0 saturated heterocycles. The first-order valence-electron chi connectivity index (χ1n) is 8.91. The summed E-state index contributed by atoms with van der Waals surface area (Å²) in [7, 11) is 0. The third kappa shape index (κ3) is 5.68. The highest BCUT2D eigenvalue weighted by Gasteiger charge is 2.23. The number of nitrogens with one attached hydrogen (secondary N) is 1. The number of esters is 1. The molecule has 0 fully saturated rings. The Morgan fingerprint density at radius 1 is 1.30 bits per heavy atom. The van der Waals surface area contributed by atoms with Crippen molar-refractivity contribution in [1.29, 1.82) is 5.26 Å². The third-order valence-electron chi connectivity index (χ3n) is 3.99. The third-order valence-corrected chi connectivity index (χ3v) is 5.11. The number of benzene rings is 1. The summed E-state index contributed by atoms with van der Waals surface area (Å²) < 4.78 is 10.2. The summed E-state index contributed by atoms with van der Waals surface area (Å²) in [6.07, 6.45) is 1.35. The van der Waals surface area contributed by atoms with Crippen LogP contribution >= 0.6 is 11.3 Å². The van der Waals surface area contributed by atoms with E-state index in [2.05, 4.69) is 5.32 Å². The van der Waals surface area contributed by atoms with Gasteiger partial charge in [0.1, 0.15) is 22.4 Å². The van der Waals surface area contributed by atoms with Crippen molar-refractivity contribution in [3.05, 3.63) is 51.4 Å². The largest absolute Gasteiger partial charge is 0.482 e. The van der Waals surface area contributed by atoms with Crippen LogP contribution in [0, 0.1) is 25.2 Å². The van der Waals surface area contributed by atoms with Crippen LogP contribution in [0.1, 0.15) is 33.3 Å². The minimum atomic E-state index is -1.12. The first kappa shape index (κ1) is 22.6. The molecule has 30 heavy (non-hydrogen) atoms. The van der Waals surface area contributed by atoms with Crippen LogP contribution < -0.4 is 10.1 Å². The number of carbonyl (C=O) groups excluding carboxylic acids is 2. The Morgan fingerprint density at radius 3 is 2.67 bits per heavy atom. The zero-order valence-electron chi connectivity index (χ0n) is 16.6. The number of carbonyl (C=O) groups is 3. The van der Waals surface area contributed by atoms with Crippen LogP contribution in [0.25, 0.3) is 6.08 Å². The summed E-state index contributed by atoms with van der Waals surface area (Å²) in [5.74, 6) is -2.05. The van der Waals surface area contributed by atoms with Gasteiger partial charge in [0.25, 0.3) is 5.91 Å². The van der Waals surface area contributed by atoms with E-state index in [0.717, 1.165) is 4.88 Å². The quantitative estimate of drug-likeness (QED) is 0.374. The van der Waals surface area contributed by atoms with Gasteiger partial charge >= 0.3 is 11.9 Å². The zero-order chi connectivity index (χ0) is 22.3. The van der Waals surface area contributed by atoms with Crippen molar-refractivity contribution >= 4 is 40.3 Å². The molecule has 0 bridgehead atoms. The molecule has 0 unspecified atom stereocenters. The van der Waals surface area contributed by atoms with Crippen molar-refractivity contribution in [1.82, 2.24) is 0 Å². The highest BCUT2D eigenvalue weighted by molar-refractivity contribution is 7.16. The lowest BCUT2D eigenvalue weighted by Crippen LogP contribution is -2.16. The lowest BCUT2D eigenvalue weighted by atomic mass is 10.1. The van der Waals surface area contributed by atoms with Gasteiger partial charge in [-0.1, -0.05) is 12.1 Å². The van der Waals surface area contributed by atoms with Crippen LogP contribution in [-0.4, -0.2) is 36.2 Å². The monoisotopic (exact) mass is 428 g/mol. The van der Waals surface area contributed by atoms with E-state index in [1.807, 2.05) is 13.0 Å². The predicted octanol–water partition coefficient (Wildman–Crippen LogP) is 3.55.